The summed E-state index contributed by atoms with van der Waals surface area (Å²) in [7, 11) is -3.46. The van der Waals surface area contributed by atoms with Crippen molar-refractivity contribution in [1.29, 1.82) is 0 Å². The molecule has 1 aliphatic rings. The Bertz CT molecular complexity index is 1150. The Kier molecular flexibility index (Phi) is 5.37. The third-order valence-corrected chi connectivity index (χ3v) is 7.42. The first-order valence-corrected chi connectivity index (χ1v) is 12.0. The second-order valence-corrected chi connectivity index (χ2v) is 10.2. The molecule has 152 valence electrons. The molecule has 4 rings (SSSR count). The predicted molar refractivity (Wildman–Crippen MR) is 114 cm³/mol. The van der Waals surface area contributed by atoms with E-state index in [9.17, 15) is 13.2 Å². The molecule has 0 bridgehead atoms. The molecule has 2 aromatic heterocycles. The van der Waals surface area contributed by atoms with Crippen LogP contribution in [0.3, 0.4) is 0 Å². The molecule has 1 aromatic carbocycles. The molecule has 3 aromatic rings. The largest absolute Gasteiger partial charge is 0.282 e. The third-order valence-electron chi connectivity index (χ3n) is 5.08. The van der Waals surface area contributed by atoms with Gasteiger partial charge in [-0.2, -0.15) is 4.31 Å². The zero-order chi connectivity index (χ0) is 20.6. The monoisotopic (exact) mass is 430 g/mol. The van der Waals surface area contributed by atoms with E-state index in [2.05, 4.69) is 4.98 Å². The van der Waals surface area contributed by atoms with E-state index in [1.165, 1.54) is 15.6 Å². The summed E-state index contributed by atoms with van der Waals surface area (Å²) in [6, 6.07) is 8.95. The van der Waals surface area contributed by atoms with Crippen LogP contribution in [0.25, 0.3) is 10.2 Å². The lowest BCUT2D eigenvalue weighted by Crippen LogP contribution is -2.47. The molecule has 9 heteroatoms. The van der Waals surface area contributed by atoms with Crippen LogP contribution in [0.15, 0.2) is 42.7 Å². The van der Waals surface area contributed by atoms with Crippen LogP contribution in [0, 0.1) is 6.92 Å². The Hall–Kier alpha value is -2.36. The Morgan fingerprint density at radius 1 is 1.31 bits per heavy atom. The number of anilines is 1. The number of hydrogen-bond donors (Lipinski definition) is 0. The van der Waals surface area contributed by atoms with E-state index in [4.69, 9.17) is 4.98 Å². The molecule has 1 unspecified atom stereocenters. The van der Waals surface area contributed by atoms with Gasteiger partial charge < -0.3 is 0 Å². The quantitative estimate of drug-likeness (QED) is 0.621. The first kappa shape index (κ1) is 19.9. The number of nitrogens with zero attached hydrogens (tertiary/aromatic N) is 4. The highest BCUT2D eigenvalue weighted by Crippen LogP contribution is 2.33. The maximum Gasteiger partial charge on any atom is 0.247 e. The number of aromatic nitrogens is 2. The van der Waals surface area contributed by atoms with Crippen LogP contribution in [0.2, 0.25) is 0 Å². The third kappa shape index (κ3) is 4.03. The van der Waals surface area contributed by atoms with Gasteiger partial charge in [0.2, 0.25) is 15.9 Å². The number of carbonyl (C=O) groups excluding carboxylic acids is 1. The number of hydrogen-bond acceptors (Lipinski definition) is 6. The number of fused-ring (bicyclic) bond motifs is 1. The normalized spacial score (nSPS) is 17.7. The molecule has 1 fully saturated rings. The van der Waals surface area contributed by atoms with Crippen LogP contribution < -0.4 is 4.90 Å². The fourth-order valence-corrected chi connectivity index (χ4v) is 5.83. The number of benzene rings is 1. The average molecular weight is 431 g/mol. The second kappa shape index (κ2) is 7.81. The predicted octanol–water partition coefficient (Wildman–Crippen LogP) is 2.96. The van der Waals surface area contributed by atoms with Crippen LogP contribution in [0.4, 0.5) is 5.13 Å². The number of pyridine rings is 1. The van der Waals surface area contributed by atoms with E-state index in [1.54, 1.807) is 17.3 Å². The van der Waals surface area contributed by atoms with Crippen LogP contribution in [-0.2, 0) is 21.4 Å². The first-order valence-electron chi connectivity index (χ1n) is 9.38. The zero-order valence-electron chi connectivity index (χ0n) is 16.3. The van der Waals surface area contributed by atoms with E-state index in [-0.39, 0.29) is 5.91 Å². The summed E-state index contributed by atoms with van der Waals surface area (Å²) in [5.41, 5.74) is 2.76. The Labute approximate surface area is 174 Å². The Morgan fingerprint density at radius 2 is 2.14 bits per heavy atom. The number of thiazole rings is 1. The second-order valence-electron chi connectivity index (χ2n) is 7.24. The summed E-state index contributed by atoms with van der Waals surface area (Å²) < 4.78 is 26.7. The molecule has 1 aliphatic heterocycles. The van der Waals surface area contributed by atoms with Gasteiger partial charge in [-0.25, -0.2) is 13.4 Å². The minimum atomic E-state index is -3.46. The number of para-hydroxylation sites is 1. The van der Waals surface area contributed by atoms with E-state index < -0.39 is 16.1 Å². The number of carbonyl (C=O) groups is 1. The van der Waals surface area contributed by atoms with E-state index in [1.807, 2.05) is 37.3 Å². The van der Waals surface area contributed by atoms with Gasteiger partial charge in [-0.3, -0.25) is 14.7 Å². The molecule has 1 amide bonds. The van der Waals surface area contributed by atoms with Gasteiger partial charge in [-0.05, 0) is 43.0 Å². The van der Waals surface area contributed by atoms with Crippen molar-refractivity contribution in [3.8, 4) is 0 Å². The van der Waals surface area contributed by atoms with E-state index in [0.29, 0.717) is 31.1 Å². The summed E-state index contributed by atoms with van der Waals surface area (Å²) in [6.45, 7) is 2.65. The molecule has 3 heterocycles. The van der Waals surface area contributed by atoms with E-state index >= 15 is 0 Å². The number of rotatable bonds is 5. The van der Waals surface area contributed by atoms with Crippen molar-refractivity contribution in [3.63, 3.8) is 0 Å². The highest BCUT2D eigenvalue weighted by molar-refractivity contribution is 7.88. The molecule has 0 spiro atoms. The summed E-state index contributed by atoms with van der Waals surface area (Å²) in [6.07, 6.45) is 5.73. The molecule has 1 saturated heterocycles. The van der Waals surface area contributed by atoms with Gasteiger partial charge in [-0.15, -0.1) is 0 Å². The molecule has 0 saturated carbocycles. The van der Waals surface area contributed by atoms with Crippen LogP contribution in [0.5, 0.6) is 0 Å². The molecule has 0 radical (unpaired) electrons. The molecular formula is C20H22N4O3S2. The van der Waals surface area contributed by atoms with Gasteiger partial charge in [0.25, 0.3) is 0 Å². The van der Waals surface area contributed by atoms with Crippen molar-refractivity contribution >= 4 is 42.6 Å². The molecule has 0 N–H and O–H groups in total. The van der Waals surface area contributed by atoms with Gasteiger partial charge in [0.15, 0.2) is 5.13 Å². The summed E-state index contributed by atoms with van der Waals surface area (Å²) >= 11 is 1.44. The lowest BCUT2D eigenvalue weighted by molar-refractivity contribution is -0.121. The number of sulfonamides is 1. The average Bonchev–Trinajstić information content (AvgIpc) is 3.34. The fraction of sp³-hybridized carbons (Fsp3) is 0.350. The maximum atomic E-state index is 13.5. The van der Waals surface area contributed by atoms with Crippen molar-refractivity contribution in [2.75, 3.05) is 17.7 Å². The van der Waals surface area contributed by atoms with E-state index in [0.717, 1.165) is 27.6 Å². The number of aryl methyl sites for hydroxylation is 1. The Morgan fingerprint density at radius 3 is 2.83 bits per heavy atom. The lowest BCUT2D eigenvalue weighted by Gasteiger charge is -2.27. The van der Waals surface area contributed by atoms with Gasteiger partial charge in [-0.1, -0.05) is 29.5 Å². The highest BCUT2D eigenvalue weighted by atomic mass is 32.2. The smallest absolute Gasteiger partial charge is 0.247 e. The van der Waals surface area contributed by atoms with Crippen molar-refractivity contribution in [2.45, 2.75) is 32.4 Å². The van der Waals surface area contributed by atoms with Crippen LogP contribution in [0.1, 0.15) is 24.0 Å². The topological polar surface area (TPSA) is 83.5 Å². The van der Waals surface area contributed by atoms with Gasteiger partial charge >= 0.3 is 0 Å². The molecule has 1 atom stereocenters. The first-order chi connectivity index (χ1) is 13.8. The van der Waals surface area contributed by atoms with Crippen molar-refractivity contribution in [1.82, 2.24) is 14.3 Å². The molecule has 29 heavy (non-hydrogen) atoms. The summed E-state index contributed by atoms with van der Waals surface area (Å²) in [4.78, 5) is 24.0. The highest BCUT2D eigenvalue weighted by Gasteiger charge is 2.39. The molecular weight excluding hydrogens is 408 g/mol. The van der Waals surface area contributed by atoms with Crippen molar-refractivity contribution in [3.05, 3.63) is 53.9 Å². The van der Waals surface area contributed by atoms with Crippen LogP contribution in [-0.4, -0.2) is 47.4 Å². The maximum absolute atomic E-state index is 13.5. The Balaban J connectivity index is 1.75. The van der Waals surface area contributed by atoms with Gasteiger partial charge in [0, 0.05) is 18.9 Å². The summed E-state index contributed by atoms with van der Waals surface area (Å²) in [5, 5.41) is 0.573. The van der Waals surface area contributed by atoms with Gasteiger partial charge in [0.05, 0.1) is 23.0 Å². The minimum Gasteiger partial charge on any atom is -0.282 e. The number of amides is 1. The van der Waals surface area contributed by atoms with Crippen molar-refractivity contribution in [2.24, 2.45) is 0 Å². The minimum absolute atomic E-state index is 0.242. The summed E-state index contributed by atoms with van der Waals surface area (Å²) in [5.74, 6) is -0.242. The molecule has 7 nitrogen and oxygen atoms in total. The van der Waals surface area contributed by atoms with Crippen molar-refractivity contribution < 1.29 is 13.2 Å². The van der Waals surface area contributed by atoms with Crippen LogP contribution >= 0.6 is 11.3 Å². The SMILES string of the molecule is Cc1cccc2sc(N(Cc3cccnc3)C(=O)C3CCCN3S(C)(=O)=O)nc12. The standard InChI is InChI=1S/C20H22N4O3S2/c1-14-6-3-9-17-18(14)22-20(28-17)23(13-15-7-4-10-21-12-15)19(25)16-8-5-11-24(16)29(2,26)27/h3-4,6-7,9-10,12,16H,5,8,11,13H2,1-2H3. The molecule has 0 aliphatic carbocycles. The lowest BCUT2D eigenvalue weighted by atomic mass is 10.2. The fourth-order valence-electron chi connectivity index (χ4n) is 3.67. The zero-order valence-corrected chi connectivity index (χ0v) is 17.9. The van der Waals surface area contributed by atoms with Gasteiger partial charge in [0.1, 0.15) is 6.04 Å².